The molecule has 0 aliphatic carbocycles. The van der Waals surface area contributed by atoms with Gasteiger partial charge in [-0.05, 0) is 19.1 Å². The van der Waals surface area contributed by atoms with Gasteiger partial charge in [-0.3, -0.25) is 14.9 Å². The summed E-state index contributed by atoms with van der Waals surface area (Å²) in [7, 11) is 1.21. The van der Waals surface area contributed by atoms with Crippen molar-refractivity contribution < 1.29 is 33.5 Å². The number of anilines is 1. The average Bonchev–Trinajstić information content (AvgIpc) is 3.15. The molecule has 1 fully saturated rings. The Bertz CT molecular complexity index is 730. The molecule has 0 bridgehead atoms. The van der Waals surface area contributed by atoms with Gasteiger partial charge < -0.3 is 24.4 Å². The van der Waals surface area contributed by atoms with Gasteiger partial charge in [-0.15, -0.1) is 0 Å². The first-order valence-electron chi connectivity index (χ1n) is 8.92. The lowest BCUT2D eigenvalue weighted by Crippen LogP contribution is -3.17. The summed E-state index contributed by atoms with van der Waals surface area (Å²) in [4.78, 5) is 36.8. The fourth-order valence-electron chi connectivity index (χ4n) is 3.35. The molecule has 1 saturated heterocycles. The van der Waals surface area contributed by atoms with Crippen molar-refractivity contribution >= 4 is 23.6 Å². The van der Waals surface area contributed by atoms with Gasteiger partial charge in [0, 0.05) is 30.5 Å². The number of nitrogens with one attached hydrogen (secondary N) is 3. The summed E-state index contributed by atoms with van der Waals surface area (Å²) in [6.07, 6.45) is 0.576. The predicted molar refractivity (Wildman–Crippen MR) is 94.6 cm³/mol. The summed E-state index contributed by atoms with van der Waals surface area (Å²) < 4.78 is 15.0. The number of ether oxygens (including phenoxy) is 3. The normalized spacial score (nSPS) is 21.9. The molecule has 2 heterocycles. The lowest BCUT2D eigenvalue weighted by atomic mass is 9.94. The van der Waals surface area contributed by atoms with Gasteiger partial charge >= 0.3 is 6.09 Å². The highest BCUT2D eigenvalue weighted by Gasteiger charge is 2.33. The van der Waals surface area contributed by atoms with Crippen LogP contribution in [0.25, 0.3) is 0 Å². The van der Waals surface area contributed by atoms with Gasteiger partial charge in [-0.2, -0.15) is 0 Å². The van der Waals surface area contributed by atoms with E-state index in [4.69, 9.17) is 9.47 Å². The van der Waals surface area contributed by atoms with E-state index in [1.165, 1.54) is 7.11 Å². The molecule has 9 heteroatoms. The summed E-state index contributed by atoms with van der Waals surface area (Å²) in [6.45, 7) is 3.31. The van der Waals surface area contributed by atoms with E-state index in [1.54, 1.807) is 25.1 Å². The Kier molecular flexibility index (Phi) is 5.80. The molecule has 1 atom stereocenters. The zero-order valence-corrected chi connectivity index (χ0v) is 15.4. The third kappa shape index (κ3) is 4.48. The standard InChI is InChI=1S/C18H23N3O6/c1-11(16(22)20-18(24)25-2)21-7-5-12(6-8-21)17(23)19-13-3-4-14-15(9-13)27-10-26-14/h3-4,9,11-12H,5-8,10H2,1-2H3,(H,19,23)(H,20,22,24)/p+1/t11-/m0/s1. The third-order valence-corrected chi connectivity index (χ3v) is 5.06. The number of hydrogen-bond donors (Lipinski definition) is 3. The second-order valence-electron chi connectivity index (χ2n) is 6.69. The molecule has 1 aromatic rings. The quantitative estimate of drug-likeness (QED) is 0.677. The van der Waals surface area contributed by atoms with Crippen LogP contribution in [0.4, 0.5) is 10.5 Å². The summed E-state index contributed by atoms with van der Waals surface area (Å²) in [5.74, 6) is 0.761. The first kappa shape index (κ1) is 19.0. The minimum Gasteiger partial charge on any atom is -0.454 e. The van der Waals surface area contributed by atoms with E-state index in [2.05, 4.69) is 15.4 Å². The molecule has 0 unspecified atom stereocenters. The summed E-state index contributed by atoms with van der Waals surface area (Å²) >= 11 is 0. The number of imide groups is 1. The minimum absolute atomic E-state index is 0.0421. The third-order valence-electron chi connectivity index (χ3n) is 5.06. The number of hydrogen-bond acceptors (Lipinski definition) is 6. The number of rotatable bonds is 4. The van der Waals surface area contributed by atoms with E-state index in [1.807, 2.05) is 0 Å². The topological polar surface area (TPSA) is 107 Å². The van der Waals surface area contributed by atoms with Crippen LogP contribution in [0.3, 0.4) is 0 Å². The summed E-state index contributed by atoms with van der Waals surface area (Å²) in [5, 5.41) is 5.11. The number of carbonyl (C=O) groups excluding carboxylic acids is 3. The predicted octanol–water partition coefficient (Wildman–Crippen LogP) is -0.0802. The number of amides is 3. The number of carbonyl (C=O) groups is 3. The molecule has 0 aromatic heterocycles. The first-order chi connectivity index (χ1) is 13.0. The number of benzene rings is 1. The van der Waals surface area contributed by atoms with Gasteiger partial charge in [0.25, 0.3) is 5.91 Å². The minimum atomic E-state index is -0.760. The van der Waals surface area contributed by atoms with Crippen molar-refractivity contribution in [2.75, 3.05) is 32.3 Å². The van der Waals surface area contributed by atoms with Crippen molar-refractivity contribution in [2.45, 2.75) is 25.8 Å². The Morgan fingerprint density at radius 2 is 1.89 bits per heavy atom. The number of quaternary nitrogens is 1. The monoisotopic (exact) mass is 378 g/mol. The molecule has 0 radical (unpaired) electrons. The van der Waals surface area contributed by atoms with Gasteiger partial charge in [-0.1, -0.05) is 0 Å². The van der Waals surface area contributed by atoms with Crippen LogP contribution in [-0.4, -0.2) is 50.9 Å². The summed E-state index contributed by atoms with van der Waals surface area (Å²) in [5.41, 5.74) is 0.671. The highest BCUT2D eigenvalue weighted by molar-refractivity contribution is 5.94. The van der Waals surface area contributed by atoms with Gasteiger partial charge in [0.05, 0.1) is 20.2 Å². The molecule has 2 aliphatic rings. The zero-order valence-electron chi connectivity index (χ0n) is 15.4. The van der Waals surface area contributed by atoms with E-state index < -0.39 is 6.09 Å². The second kappa shape index (κ2) is 8.26. The highest BCUT2D eigenvalue weighted by atomic mass is 16.7. The smallest absolute Gasteiger partial charge is 0.413 e. The van der Waals surface area contributed by atoms with Crippen LogP contribution in [0.15, 0.2) is 18.2 Å². The van der Waals surface area contributed by atoms with Gasteiger partial charge in [0.1, 0.15) is 0 Å². The molecule has 0 saturated carbocycles. The molecular formula is C18H24N3O6+. The summed E-state index contributed by atoms with van der Waals surface area (Å²) in [6, 6.07) is 4.92. The molecule has 9 nitrogen and oxygen atoms in total. The molecular weight excluding hydrogens is 354 g/mol. The number of likely N-dealkylation sites (tertiary alicyclic amines) is 1. The van der Waals surface area contributed by atoms with Gasteiger partial charge in [0.2, 0.25) is 12.7 Å². The van der Waals surface area contributed by atoms with E-state index in [9.17, 15) is 14.4 Å². The van der Waals surface area contributed by atoms with Crippen molar-refractivity contribution in [1.29, 1.82) is 0 Å². The largest absolute Gasteiger partial charge is 0.454 e. The van der Waals surface area contributed by atoms with Crippen LogP contribution < -0.4 is 25.0 Å². The lowest BCUT2D eigenvalue weighted by Gasteiger charge is -2.31. The fourth-order valence-corrected chi connectivity index (χ4v) is 3.35. The van der Waals surface area contributed by atoms with Crippen molar-refractivity contribution in [3.63, 3.8) is 0 Å². The lowest BCUT2D eigenvalue weighted by molar-refractivity contribution is -0.919. The molecule has 1 aromatic carbocycles. The molecule has 27 heavy (non-hydrogen) atoms. The zero-order chi connectivity index (χ0) is 19.4. The van der Waals surface area contributed by atoms with Crippen molar-refractivity contribution in [3.05, 3.63) is 18.2 Å². The number of piperidine rings is 1. The molecule has 146 valence electrons. The first-order valence-corrected chi connectivity index (χ1v) is 8.92. The SMILES string of the molecule is COC(=O)NC(=O)[C@H](C)[NH+]1CCC(C(=O)Nc2ccc3c(c2)OCO3)CC1. The average molecular weight is 378 g/mol. The number of alkyl carbamates (subject to hydrolysis) is 1. The van der Waals surface area contributed by atoms with Crippen LogP contribution >= 0.6 is 0 Å². The number of fused-ring (bicyclic) bond motifs is 1. The number of methoxy groups -OCH3 is 1. The highest BCUT2D eigenvalue weighted by Crippen LogP contribution is 2.34. The second-order valence-corrected chi connectivity index (χ2v) is 6.69. The van der Waals surface area contributed by atoms with Crippen LogP contribution in [0, 0.1) is 5.92 Å². The molecule has 3 amide bonds. The maximum absolute atomic E-state index is 12.5. The van der Waals surface area contributed by atoms with Gasteiger partial charge in [-0.25, -0.2) is 4.79 Å². The molecule has 3 rings (SSSR count). The van der Waals surface area contributed by atoms with Crippen LogP contribution in [0.2, 0.25) is 0 Å². The Balaban J connectivity index is 1.49. The molecule has 0 spiro atoms. The maximum atomic E-state index is 12.5. The van der Waals surface area contributed by atoms with E-state index >= 15 is 0 Å². The molecule has 2 aliphatic heterocycles. The van der Waals surface area contributed by atoms with Crippen molar-refractivity contribution in [2.24, 2.45) is 5.92 Å². The van der Waals surface area contributed by atoms with Crippen molar-refractivity contribution in [3.8, 4) is 11.5 Å². The van der Waals surface area contributed by atoms with E-state index in [0.717, 1.165) is 4.90 Å². The Morgan fingerprint density at radius 1 is 1.19 bits per heavy atom. The van der Waals surface area contributed by atoms with Gasteiger partial charge in [0.15, 0.2) is 17.5 Å². The Hall–Kier alpha value is -2.81. The van der Waals surface area contributed by atoms with Crippen molar-refractivity contribution in [1.82, 2.24) is 5.32 Å². The van der Waals surface area contributed by atoms with Crippen LogP contribution in [-0.2, 0) is 14.3 Å². The fraction of sp³-hybridized carbons (Fsp3) is 0.500. The Labute approximate surface area is 156 Å². The van der Waals surface area contributed by atoms with Crippen LogP contribution in [0.5, 0.6) is 11.5 Å². The molecule has 3 N–H and O–H groups in total. The maximum Gasteiger partial charge on any atom is 0.413 e. The van der Waals surface area contributed by atoms with E-state index in [0.29, 0.717) is 43.1 Å². The van der Waals surface area contributed by atoms with E-state index in [-0.39, 0.29) is 30.6 Å². The Morgan fingerprint density at radius 3 is 2.59 bits per heavy atom. The van der Waals surface area contributed by atoms with Crippen LogP contribution in [0.1, 0.15) is 19.8 Å².